The van der Waals surface area contributed by atoms with E-state index in [1.54, 1.807) is 0 Å². The molecule has 2 aromatic carbocycles. The lowest BCUT2D eigenvalue weighted by Gasteiger charge is -2.19. The molecular weight excluding hydrogens is 384 g/mol. The molecule has 2 aromatic rings. The van der Waals surface area contributed by atoms with E-state index in [0.29, 0.717) is 11.6 Å². The summed E-state index contributed by atoms with van der Waals surface area (Å²) >= 11 is 5.85. The van der Waals surface area contributed by atoms with Crippen molar-refractivity contribution < 1.29 is 13.2 Å². The van der Waals surface area contributed by atoms with Gasteiger partial charge in [0, 0.05) is 18.1 Å². The number of amides is 1. The van der Waals surface area contributed by atoms with Crippen LogP contribution >= 0.6 is 11.6 Å². The fourth-order valence-electron chi connectivity index (χ4n) is 2.58. The summed E-state index contributed by atoms with van der Waals surface area (Å²) < 4.78 is 25.2. The van der Waals surface area contributed by atoms with Crippen LogP contribution in [0.15, 0.2) is 48.5 Å². The van der Waals surface area contributed by atoms with Crippen LogP contribution in [-0.4, -0.2) is 38.0 Å². The summed E-state index contributed by atoms with van der Waals surface area (Å²) in [6.45, 7) is 2.45. The lowest BCUT2D eigenvalue weighted by Crippen LogP contribution is -2.40. The number of sulfonamides is 1. The molecular formula is C20H25ClN2O3S. The molecule has 0 spiro atoms. The summed E-state index contributed by atoms with van der Waals surface area (Å²) in [5, 5.41) is 3.49. The molecule has 0 aliphatic heterocycles. The maximum atomic E-state index is 12.2. The van der Waals surface area contributed by atoms with Gasteiger partial charge in [0.1, 0.15) is 0 Å². The first kappa shape index (κ1) is 21.4. The van der Waals surface area contributed by atoms with Crippen LogP contribution in [0.2, 0.25) is 5.02 Å². The van der Waals surface area contributed by atoms with Gasteiger partial charge >= 0.3 is 0 Å². The maximum Gasteiger partial charge on any atom is 0.235 e. The molecule has 0 aliphatic carbocycles. The molecule has 27 heavy (non-hydrogen) atoms. The first-order valence-corrected chi connectivity index (χ1v) is 11.0. The standard InChI is InChI=1S/C20H25ClN2O3S/c1-16-5-7-18(8-6-16)14-23(27(2,25)26)15-20(24)22-13-3-4-17-9-11-19(21)12-10-17/h5-12H,3-4,13-15H2,1-2H3,(H,22,24). The minimum atomic E-state index is -3.49. The Morgan fingerprint density at radius 1 is 1.04 bits per heavy atom. The molecule has 7 heteroatoms. The molecule has 0 unspecified atom stereocenters. The number of aryl methyl sites for hydroxylation is 2. The number of benzene rings is 2. The molecule has 1 N–H and O–H groups in total. The predicted molar refractivity (Wildman–Crippen MR) is 109 cm³/mol. The molecule has 146 valence electrons. The number of nitrogens with zero attached hydrogens (tertiary/aromatic N) is 1. The SMILES string of the molecule is Cc1ccc(CN(CC(=O)NCCCc2ccc(Cl)cc2)S(C)(=O)=O)cc1. The van der Waals surface area contributed by atoms with E-state index in [1.807, 2.05) is 55.5 Å². The van der Waals surface area contributed by atoms with E-state index in [2.05, 4.69) is 5.32 Å². The quantitative estimate of drug-likeness (QED) is 0.648. The van der Waals surface area contributed by atoms with Crippen LogP contribution in [0.5, 0.6) is 0 Å². The van der Waals surface area contributed by atoms with Gasteiger partial charge in [0.05, 0.1) is 12.8 Å². The second-order valence-corrected chi connectivity index (χ2v) is 9.02. The van der Waals surface area contributed by atoms with Gasteiger partial charge in [0.15, 0.2) is 0 Å². The number of nitrogens with one attached hydrogen (secondary N) is 1. The third kappa shape index (κ3) is 7.71. The van der Waals surface area contributed by atoms with Crippen LogP contribution in [0.1, 0.15) is 23.1 Å². The number of hydrogen-bond donors (Lipinski definition) is 1. The van der Waals surface area contributed by atoms with Gasteiger partial charge in [0.2, 0.25) is 15.9 Å². The van der Waals surface area contributed by atoms with Gasteiger partial charge < -0.3 is 5.32 Å². The smallest absolute Gasteiger partial charge is 0.235 e. The van der Waals surface area contributed by atoms with Crippen LogP contribution in [0.25, 0.3) is 0 Å². The second kappa shape index (κ2) is 9.88. The third-order valence-electron chi connectivity index (χ3n) is 4.15. The molecule has 5 nitrogen and oxygen atoms in total. The summed E-state index contributed by atoms with van der Waals surface area (Å²) in [5.41, 5.74) is 3.09. The van der Waals surface area contributed by atoms with Crippen molar-refractivity contribution in [2.75, 3.05) is 19.3 Å². The fourth-order valence-corrected chi connectivity index (χ4v) is 3.44. The van der Waals surface area contributed by atoms with Crippen LogP contribution < -0.4 is 5.32 Å². The van der Waals surface area contributed by atoms with E-state index in [0.717, 1.165) is 35.8 Å². The van der Waals surface area contributed by atoms with Crippen molar-refractivity contribution in [1.29, 1.82) is 0 Å². The topological polar surface area (TPSA) is 66.5 Å². The van der Waals surface area contributed by atoms with Gasteiger partial charge in [-0.3, -0.25) is 4.79 Å². The lowest BCUT2D eigenvalue weighted by atomic mass is 10.1. The molecule has 0 aromatic heterocycles. The Morgan fingerprint density at radius 3 is 2.22 bits per heavy atom. The van der Waals surface area contributed by atoms with Crippen LogP contribution in [0.4, 0.5) is 0 Å². The Bertz CT molecular complexity index is 850. The van der Waals surface area contributed by atoms with Crippen molar-refractivity contribution in [3.8, 4) is 0 Å². The van der Waals surface area contributed by atoms with E-state index in [4.69, 9.17) is 11.6 Å². The average molecular weight is 409 g/mol. The summed E-state index contributed by atoms with van der Waals surface area (Å²) in [6, 6.07) is 15.2. The zero-order chi connectivity index (χ0) is 19.9. The monoisotopic (exact) mass is 408 g/mol. The van der Waals surface area contributed by atoms with Gasteiger partial charge in [-0.25, -0.2) is 8.42 Å². The summed E-state index contributed by atoms with van der Waals surface area (Å²) in [7, 11) is -3.49. The number of halogens is 1. The molecule has 0 aliphatic rings. The number of carbonyl (C=O) groups excluding carboxylic acids is 1. The minimum absolute atomic E-state index is 0.178. The Kier molecular flexibility index (Phi) is 7.83. The van der Waals surface area contributed by atoms with Crippen LogP contribution in [0, 0.1) is 6.92 Å². The van der Waals surface area contributed by atoms with Gasteiger partial charge in [0.25, 0.3) is 0 Å². The molecule has 1 amide bonds. The average Bonchev–Trinajstić information content (AvgIpc) is 2.61. The Labute approximate surface area is 166 Å². The van der Waals surface area contributed by atoms with Crippen molar-refractivity contribution in [2.45, 2.75) is 26.3 Å². The Balaban J connectivity index is 1.82. The summed E-state index contributed by atoms with van der Waals surface area (Å²) in [6.07, 6.45) is 2.70. The molecule has 2 rings (SSSR count). The number of rotatable bonds is 9. The van der Waals surface area contributed by atoms with Crippen molar-refractivity contribution in [2.24, 2.45) is 0 Å². The second-order valence-electron chi connectivity index (χ2n) is 6.60. The van der Waals surface area contributed by atoms with Gasteiger partial charge in [-0.05, 0) is 43.0 Å². The molecule has 0 radical (unpaired) electrons. The molecule has 0 saturated heterocycles. The Hall–Kier alpha value is -1.89. The highest BCUT2D eigenvalue weighted by molar-refractivity contribution is 7.88. The van der Waals surface area contributed by atoms with Crippen molar-refractivity contribution in [3.63, 3.8) is 0 Å². The molecule has 0 saturated carbocycles. The molecule has 0 heterocycles. The fraction of sp³-hybridized carbons (Fsp3) is 0.350. The zero-order valence-corrected chi connectivity index (χ0v) is 17.2. The first-order chi connectivity index (χ1) is 12.7. The largest absolute Gasteiger partial charge is 0.355 e. The maximum absolute atomic E-state index is 12.2. The van der Waals surface area contributed by atoms with Crippen LogP contribution in [0.3, 0.4) is 0 Å². The van der Waals surface area contributed by atoms with Gasteiger partial charge in [-0.2, -0.15) is 4.31 Å². The number of carbonyl (C=O) groups is 1. The minimum Gasteiger partial charge on any atom is -0.355 e. The van der Waals surface area contributed by atoms with E-state index in [9.17, 15) is 13.2 Å². The van der Waals surface area contributed by atoms with Crippen LogP contribution in [-0.2, 0) is 27.8 Å². The summed E-state index contributed by atoms with van der Waals surface area (Å²) in [4.78, 5) is 12.2. The molecule has 0 bridgehead atoms. The van der Waals surface area contributed by atoms with Crippen molar-refractivity contribution in [3.05, 3.63) is 70.2 Å². The van der Waals surface area contributed by atoms with Gasteiger partial charge in [-0.1, -0.05) is 53.6 Å². The van der Waals surface area contributed by atoms with E-state index < -0.39 is 10.0 Å². The van der Waals surface area contributed by atoms with Gasteiger partial charge in [-0.15, -0.1) is 0 Å². The zero-order valence-electron chi connectivity index (χ0n) is 15.6. The lowest BCUT2D eigenvalue weighted by molar-refractivity contribution is -0.121. The number of hydrogen-bond acceptors (Lipinski definition) is 3. The van der Waals surface area contributed by atoms with E-state index >= 15 is 0 Å². The molecule has 0 fully saturated rings. The Morgan fingerprint density at radius 2 is 1.63 bits per heavy atom. The highest BCUT2D eigenvalue weighted by Gasteiger charge is 2.20. The highest BCUT2D eigenvalue weighted by atomic mass is 35.5. The van der Waals surface area contributed by atoms with Crippen molar-refractivity contribution >= 4 is 27.5 Å². The first-order valence-electron chi connectivity index (χ1n) is 8.76. The highest BCUT2D eigenvalue weighted by Crippen LogP contribution is 2.11. The summed E-state index contributed by atoms with van der Waals surface area (Å²) in [5.74, 6) is -0.302. The predicted octanol–water partition coefficient (Wildman–Crippen LogP) is 3.16. The third-order valence-corrected chi connectivity index (χ3v) is 5.59. The normalized spacial score (nSPS) is 11.6. The van der Waals surface area contributed by atoms with E-state index in [-0.39, 0.29) is 19.0 Å². The molecule has 0 atom stereocenters. The van der Waals surface area contributed by atoms with Crippen molar-refractivity contribution in [1.82, 2.24) is 9.62 Å². The van der Waals surface area contributed by atoms with E-state index in [1.165, 1.54) is 4.31 Å².